The minimum Gasteiger partial charge on any atom is -0.352 e. The van der Waals surface area contributed by atoms with Crippen LogP contribution < -0.4 is 16.4 Å². The van der Waals surface area contributed by atoms with E-state index in [1.54, 1.807) is 24.4 Å². The van der Waals surface area contributed by atoms with Crippen LogP contribution in [0.15, 0.2) is 24.4 Å². The van der Waals surface area contributed by atoms with Gasteiger partial charge in [-0.15, -0.1) is 0 Å². The zero-order valence-corrected chi connectivity index (χ0v) is 12.0. The first kappa shape index (κ1) is 15.4. The first-order valence-corrected chi connectivity index (χ1v) is 7.39. The van der Waals surface area contributed by atoms with Gasteiger partial charge < -0.3 is 16.4 Å². The number of carbonyl (C=O) groups is 2. The van der Waals surface area contributed by atoms with Crippen LogP contribution in [0, 0.1) is 5.92 Å². The summed E-state index contributed by atoms with van der Waals surface area (Å²) < 4.78 is 0. The summed E-state index contributed by atoms with van der Waals surface area (Å²) in [4.78, 5) is 27.6. The highest BCUT2D eigenvalue weighted by atomic mass is 16.2. The number of amides is 2. The Morgan fingerprint density at radius 2 is 2.10 bits per heavy atom. The van der Waals surface area contributed by atoms with E-state index in [9.17, 15) is 9.59 Å². The van der Waals surface area contributed by atoms with E-state index in [1.807, 2.05) is 0 Å². The summed E-state index contributed by atoms with van der Waals surface area (Å²) in [6, 6.07) is 5.21. The third kappa shape index (κ3) is 4.53. The predicted molar refractivity (Wildman–Crippen MR) is 79.5 cm³/mol. The van der Waals surface area contributed by atoms with E-state index in [4.69, 9.17) is 5.73 Å². The fraction of sp³-hybridized carbons (Fsp3) is 0.533. The maximum atomic E-state index is 11.9. The van der Waals surface area contributed by atoms with E-state index in [0.29, 0.717) is 18.2 Å². The molecule has 1 saturated carbocycles. The van der Waals surface area contributed by atoms with E-state index < -0.39 is 0 Å². The Balaban J connectivity index is 1.78. The van der Waals surface area contributed by atoms with Crippen LogP contribution in [0.1, 0.15) is 36.2 Å². The van der Waals surface area contributed by atoms with Gasteiger partial charge in [0, 0.05) is 12.2 Å². The van der Waals surface area contributed by atoms with Gasteiger partial charge >= 0.3 is 0 Å². The number of hydrogen-bond acceptors (Lipinski definition) is 4. The van der Waals surface area contributed by atoms with Crippen molar-refractivity contribution < 1.29 is 9.59 Å². The van der Waals surface area contributed by atoms with Crippen LogP contribution in [-0.4, -0.2) is 35.9 Å². The van der Waals surface area contributed by atoms with E-state index in [1.165, 1.54) is 6.42 Å². The van der Waals surface area contributed by atoms with Crippen molar-refractivity contribution in [3.05, 3.63) is 30.1 Å². The molecule has 2 rings (SSSR count). The fourth-order valence-electron chi connectivity index (χ4n) is 2.69. The molecule has 0 radical (unpaired) electrons. The second-order valence-electron chi connectivity index (χ2n) is 5.35. The molecule has 2 atom stereocenters. The SMILES string of the molecule is NCC1CCCCC1NC(=O)CNC(=O)c1ccccn1. The Bertz CT molecular complexity index is 478. The monoisotopic (exact) mass is 290 g/mol. The molecule has 1 aliphatic carbocycles. The quantitative estimate of drug-likeness (QED) is 0.733. The average Bonchev–Trinajstić information content (AvgIpc) is 2.54. The predicted octanol–water partition coefficient (Wildman–Crippen LogP) is 0.445. The summed E-state index contributed by atoms with van der Waals surface area (Å²) >= 11 is 0. The Morgan fingerprint density at radius 1 is 1.29 bits per heavy atom. The molecule has 2 unspecified atom stereocenters. The second-order valence-corrected chi connectivity index (χ2v) is 5.35. The summed E-state index contributed by atoms with van der Waals surface area (Å²) in [7, 11) is 0. The van der Waals surface area contributed by atoms with Crippen molar-refractivity contribution >= 4 is 11.8 Å². The van der Waals surface area contributed by atoms with Crippen molar-refractivity contribution in [2.45, 2.75) is 31.7 Å². The third-order valence-electron chi connectivity index (χ3n) is 3.87. The van der Waals surface area contributed by atoms with Gasteiger partial charge in [-0.1, -0.05) is 18.9 Å². The van der Waals surface area contributed by atoms with Crippen LogP contribution in [0.4, 0.5) is 0 Å². The van der Waals surface area contributed by atoms with Gasteiger partial charge in [0.2, 0.25) is 5.91 Å². The molecule has 1 aromatic heterocycles. The molecular formula is C15H22N4O2. The number of hydrogen-bond donors (Lipinski definition) is 3. The lowest BCUT2D eigenvalue weighted by Crippen LogP contribution is -2.48. The van der Waals surface area contributed by atoms with Crippen molar-refractivity contribution in [1.82, 2.24) is 15.6 Å². The largest absolute Gasteiger partial charge is 0.352 e. The minimum atomic E-state index is -0.343. The van der Waals surface area contributed by atoms with E-state index >= 15 is 0 Å². The van der Waals surface area contributed by atoms with E-state index in [0.717, 1.165) is 19.3 Å². The van der Waals surface area contributed by atoms with Gasteiger partial charge in [0.1, 0.15) is 5.69 Å². The molecule has 114 valence electrons. The summed E-state index contributed by atoms with van der Waals surface area (Å²) in [6.07, 6.45) is 5.85. The van der Waals surface area contributed by atoms with Gasteiger partial charge in [-0.25, -0.2) is 0 Å². The summed E-state index contributed by atoms with van der Waals surface area (Å²) in [5.41, 5.74) is 6.05. The number of rotatable bonds is 5. The molecule has 0 saturated heterocycles. The van der Waals surface area contributed by atoms with Crippen LogP contribution in [0.2, 0.25) is 0 Å². The van der Waals surface area contributed by atoms with Gasteiger partial charge in [-0.3, -0.25) is 14.6 Å². The number of pyridine rings is 1. The van der Waals surface area contributed by atoms with Gasteiger partial charge in [0.05, 0.1) is 6.54 Å². The van der Waals surface area contributed by atoms with Crippen LogP contribution in [-0.2, 0) is 4.79 Å². The Morgan fingerprint density at radius 3 is 2.81 bits per heavy atom. The number of nitrogens with two attached hydrogens (primary N) is 1. The van der Waals surface area contributed by atoms with Gasteiger partial charge in [-0.2, -0.15) is 0 Å². The molecule has 21 heavy (non-hydrogen) atoms. The molecule has 1 heterocycles. The fourth-order valence-corrected chi connectivity index (χ4v) is 2.69. The highest BCUT2D eigenvalue weighted by Crippen LogP contribution is 2.23. The zero-order chi connectivity index (χ0) is 15.1. The van der Waals surface area contributed by atoms with Crippen LogP contribution >= 0.6 is 0 Å². The topological polar surface area (TPSA) is 97.1 Å². The standard InChI is InChI=1S/C15H22N4O2/c16-9-11-5-1-2-6-12(11)19-14(20)10-18-15(21)13-7-3-4-8-17-13/h3-4,7-8,11-12H,1-2,5-6,9-10,16H2,(H,18,21)(H,19,20). The van der Waals surface area contributed by atoms with Crippen LogP contribution in [0.25, 0.3) is 0 Å². The number of nitrogens with zero attached hydrogens (tertiary/aromatic N) is 1. The molecule has 6 nitrogen and oxygen atoms in total. The molecule has 1 aliphatic rings. The Hall–Kier alpha value is -1.95. The van der Waals surface area contributed by atoms with Gasteiger partial charge in [0.25, 0.3) is 5.91 Å². The van der Waals surface area contributed by atoms with Crippen molar-refractivity contribution in [2.75, 3.05) is 13.1 Å². The minimum absolute atomic E-state index is 0.0385. The molecule has 6 heteroatoms. The van der Waals surface area contributed by atoms with Crippen molar-refractivity contribution in [3.63, 3.8) is 0 Å². The first-order valence-electron chi connectivity index (χ1n) is 7.39. The normalized spacial score (nSPS) is 21.6. The first-order chi connectivity index (χ1) is 10.2. The maximum absolute atomic E-state index is 11.9. The number of nitrogens with one attached hydrogen (secondary N) is 2. The molecule has 0 bridgehead atoms. The van der Waals surface area contributed by atoms with Crippen LogP contribution in [0.3, 0.4) is 0 Å². The zero-order valence-electron chi connectivity index (χ0n) is 12.0. The molecule has 0 aliphatic heterocycles. The summed E-state index contributed by atoms with van der Waals surface area (Å²) in [5.74, 6) is -0.177. The number of aromatic nitrogens is 1. The molecule has 1 fully saturated rings. The molecule has 2 amide bonds. The lowest BCUT2D eigenvalue weighted by Gasteiger charge is -2.31. The molecule has 0 aromatic carbocycles. The lowest BCUT2D eigenvalue weighted by atomic mass is 9.84. The van der Waals surface area contributed by atoms with Gasteiger partial charge in [0.15, 0.2) is 0 Å². The summed E-state index contributed by atoms with van der Waals surface area (Å²) in [5, 5.41) is 5.55. The third-order valence-corrected chi connectivity index (χ3v) is 3.87. The second kappa shape index (κ2) is 7.73. The highest BCUT2D eigenvalue weighted by molar-refractivity contribution is 5.94. The smallest absolute Gasteiger partial charge is 0.270 e. The Kier molecular flexibility index (Phi) is 5.68. The van der Waals surface area contributed by atoms with Crippen molar-refractivity contribution in [3.8, 4) is 0 Å². The molecule has 0 spiro atoms. The van der Waals surface area contributed by atoms with Crippen molar-refractivity contribution in [2.24, 2.45) is 11.7 Å². The maximum Gasteiger partial charge on any atom is 0.270 e. The average molecular weight is 290 g/mol. The van der Waals surface area contributed by atoms with Crippen molar-refractivity contribution in [1.29, 1.82) is 0 Å². The van der Waals surface area contributed by atoms with Crippen LogP contribution in [0.5, 0.6) is 0 Å². The van der Waals surface area contributed by atoms with E-state index in [2.05, 4.69) is 15.6 Å². The molecule has 1 aromatic rings. The molecular weight excluding hydrogens is 268 g/mol. The van der Waals surface area contributed by atoms with E-state index in [-0.39, 0.29) is 24.4 Å². The van der Waals surface area contributed by atoms with Gasteiger partial charge in [-0.05, 0) is 37.4 Å². The summed E-state index contributed by atoms with van der Waals surface area (Å²) in [6.45, 7) is 0.550. The lowest BCUT2D eigenvalue weighted by molar-refractivity contribution is -0.121. The molecule has 4 N–H and O–H groups in total. The highest BCUT2D eigenvalue weighted by Gasteiger charge is 2.25. The number of carbonyl (C=O) groups excluding carboxylic acids is 2. The Labute approximate surface area is 124 Å².